The number of benzene rings is 1. The predicted molar refractivity (Wildman–Crippen MR) is 93.0 cm³/mol. The molecule has 0 spiro atoms. The SMILES string of the molecule is CCn1cc(-c2cccc(-n3cnn(CC(CN)=C(F)F)c3=O)c2)cn1. The summed E-state index contributed by atoms with van der Waals surface area (Å²) in [5.74, 6) is 0. The van der Waals surface area contributed by atoms with Gasteiger partial charge in [0.05, 0.1) is 18.4 Å². The van der Waals surface area contributed by atoms with Crippen LogP contribution in [0.3, 0.4) is 0 Å². The van der Waals surface area contributed by atoms with Gasteiger partial charge in [-0.2, -0.15) is 19.0 Å². The van der Waals surface area contributed by atoms with Crippen LogP contribution in [0.4, 0.5) is 8.78 Å². The second kappa shape index (κ2) is 7.44. The molecule has 3 aromatic rings. The average Bonchev–Trinajstić information content (AvgIpc) is 3.26. The van der Waals surface area contributed by atoms with Crippen molar-refractivity contribution in [1.82, 2.24) is 24.1 Å². The molecule has 0 radical (unpaired) electrons. The van der Waals surface area contributed by atoms with E-state index >= 15 is 0 Å². The zero-order chi connectivity index (χ0) is 18.7. The second-order valence-electron chi connectivity index (χ2n) is 5.64. The van der Waals surface area contributed by atoms with E-state index in [1.807, 2.05) is 31.3 Å². The third-order valence-electron chi connectivity index (χ3n) is 4.00. The van der Waals surface area contributed by atoms with Crippen LogP contribution in [0.5, 0.6) is 0 Å². The van der Waals surface area contributed by atoms with Gasteiger partial charge in [-0.25, -0.2) is 14.0 Å². The second-order valence-corrected chi connectivity index (χ2v) is 5.64. The molecule has 1 aromatic carbocycles. The lowest BCUT2D eigenvalue weighted by Crippen LogP contribution is -2.26. The summed E-state index contributed by atoms with van der Waals surface area (Å²) in [6, 6.07) is 7.28. The molecular weight excluding hydrogens is 342 g/mol. The van der Waals surface area contributed by atoms with Crippen molar-refractivity contribution in [3.05, 3.63) is 65.1 Å². The van der Waals surface area contributed by atoms with Crippen LogP contribution in [0.2, 0.25) is 0 Å². The van der Waals surface area contributed by atoms with E-state index in [9.17, 15) is 13.6 Å². The van der Waals surface area contributed by atoms with E-state index in [-0.39, 0.29) is 18.7 Å². The van der Waals surface area contributed by atoms with Gasteiger partial charge in [-0.05, 0) is 24.6 Å². The normalized spacial score (nSPS) is 10.9. The Morgan fingerprint density at radius 2 is 2.04 bits per heavy atom. The molecule has 0 aliphatic heterocycles. The first-order valence-electron chi connectivity index (χ1n) is 8.04. The Labute approximate surface area is 148 Å². The lowest BCUT2D eigenvalue weighted by atomic mass is 10.1. The number of aromatic nitrogens is 5. The fourth-order valence-electron chi connectivity index (χ4n) is 2.53. The first kappa shape index (κ1) is 17.7. The molecule has 2 heterocycles. The molecule has 2 aromatic heterocycles. The predicted octanol–water partition coefficient (Wildman–Crippen LogP) is 2.03. The quantitative estimate of drug-likeness (QED) is 0.729. The van der Waals surface area contributed by atoms with Crippen molar-refractivity contribution in [1.29, 1.82) is 0 Å². The van der Waals surface area contributed by atoms with Gasteiger partial charge in [-0.3, -0.25) is 4.68 Å². The summed E-state index contributed by atoms with van der Waals surface area (Å²) in [6.45, 7) is 2.08. The molecule has 9 heteroatoms. The molecule has 0 bridgehead atoms. The van der Waals surface area contributed by atoms with Gasteiger partial charge in [0.25, 0.3) is 6.08 Å². The van der Waals surface area contributed by atoms with Crippen LogP contribution < -0.4 is 11.4 Å². The summed E-state index contributed by atoms with van der Waals surface area (Å²) in [6.07, 6.45) is 3.08. The van der Waals surface area contributed by atoms with Gasteiger partial charge >= 0.3 is 5.69 Å². The summed E-state index contributed by atoms with van der Waals surface area (Å²) in [4.78, 5) is 12.5. The largest absolute Gasteiger partial charge is 0.350 e. The van der Waals surface area contributed by atoms with E-state index in [0.29, 0.717) is 5.69 Å². The Morgan fingerprint density at radius 1 is 1.23 bits per heavy atom. The maximum Gasteiger partial charge on any atom is 0.350 e. The maximum absolute atomic E-state index is 12.8. The third-order valence-corrected chi connectivity index (χ3v) is 4.00. The number of halogens is 2. The van der Waals surface area contributed by atoms with E-state index < -0.39 is 11.8 Å². The van der Waals surface area contributed by atoms with Gasteiger partial charge < -0.3 is 5.73 Å². The van der Waals surface area contributed by atoms with E-state index in [4.69, 9.17) is 5.73 Å². The van der Waals surface area contributed by atoms with Gasteiger partial charge in [0.1, 0.15) is 6.33 Å². The van der Waals surface area contributed by atoms with Crippen molar-refractivity contribution in [2.75, 3.05) is 6.54 Å². The Bertz CT molecular complexity index is 997. The van der Waals surface area contributed by atoms with Crippen molar-refractivity contribution < 1.29 is 8.78 Å². The first-order valence-corrected chi connectivity index (χ1v) is 8.04. The number of hydrogen-bond donors (Lipinski definition) is 1. The lowest BCUT2D eigenvalue weighted by molar-refractivity contribution is 0.400. The Balaban J connectivity index is 1.94. The molecule has 3 rings (SSSR count). The van der Waals surface area contributed by atoms with Crippen LogP contribution >= 0.6 is 0 Å². The molecule has 0 aliphatic carbocycles. The highest BCUT2D eigenvalue weighted by Crippen LogP contribution is 2.21. The highest BCUT2D eigenvalue weighted by molar-refractivity contribution is 5.64. The third kappa shape index (κ3) is 3.47. The number of rotatable bonds is 6. The summed E-state index contributed by atoms with van der Waals surface area (Å²) in [5, 5.41) is 8.15. The summed E-state index contributed by atoms with van der Waals surface area (Å²) in [5.41, 5.74) is 6.85. The molecule has 0 saturated carbocycles. The first-order chi connectivity index (χ1) is 12.5. The molecule has 136 valence electrons. The minimum atomic E-state index is -1.89. The Hall–Kier alpha value is -3.07. The Kier molecular flexibility index (Phi) is 5.08. The topological polar surface area (TPSA) is 83.7 Å². The number of nitrogens with zero attached hydrogens (tertiary/aromatic N) is 5. The zero-order valence-electron chi connectivity index (χ0n) is 14.1. The van der Waals surface area contributed by atoms with Crippen molar-refractivity contribution in [3.8, 4) is 16.8 Å². The molecule has 0 saturated heterocycles. The van der Waals surface area contributed by atoms with Crippen LogP contribution in [-0.4, -0.2) is 30.7 Å². The fourth-order valence-corrected chi connectivity index (χ4v) is 2.53. The maximum atomic E-state index is 12.8. The molecule has 0 atom stereocenters. The molecule has 0 unspecified atom stereocenters. The van der Waals surface area contributed by atoms with Gasteiger partial charge in [0, 0.05) is 30.4 Å². The van der Waals surface area contributed by atoms with Crippen molar-refractivity contribution in [2.24, 2.45) is 5.73 Å². The lowest BCUT2D eigenvalue weighted by Gasteiger charge is -2.04. The monoisotopic (exact) mass is 360 g/mol. The van der Waals surface area contributed by atoms with Crippen LogP contribution in [0, 0.1) is 0 Å². The van der Waals surface area contributed by atoms with Crippen LogP contribution in [-0.2, 0) is 13.1 Å². The molecule has 26 heavy (non-hydrogen) atoms. The van der Waals surface area contributed by atoms with E-state index in [1.165, 1.54) is 10.9 Å². The summed E-state index contributed by atoms with van der Waals surface area (Å²) >= 11 is 0. The summed E-state index contributed by atoms with van der Waals surface area (Å²) in [7, 11) is 0. The highest BCUT2D eigenvalue weighted by Gasteiger charge is 2.12. The number of hydrogen-bond acceptors (Lipinski definition) is 4. The Morgan fingerprint density at radius 3 is 2.69 bits per heavy atom. The number of nitrogens with two attached hydrogens (primary N) is 1. The van der Waals surface area contributed by atoms with Crippen LogP contribution in [0.15, 0.2) is 59.4 Å². The van der Waals surface area contributed by atoms with E-state index in [0.717, 1.165) is 22.4 Å². The van der Waals surface area contributed by atoms with Crippen LogP contribution in [0.25, 0.3) is 16.8 Å². The number of aryl methyl sites for hydroxylation is 1. The van der Waals surface area contributed by atoms with Gasteiger partial charge in [0.15, 0.2) is 0 Å². The van der Waals surface area contributed by atoms with Crippen molar-refractivity contribution in [3.63, 3.8) is 0 Å². The summed E-state index contributed by atoms with van der Waals surface area (Å²) < 4.78 is 29.6. The van der Waals surface area contributed by atoms with Gasteiger partial charge in [-0.1, -0.05) is 12.1 Å². The molecule has 0 aliphatic rings. The minimum Gasteiger partial charge on any atom is -0.327 e. The molecule has 2 N–H and O–H groups in total. The molecule has 0 amide bonds. The van der Waals surface area contributed by atoms with Gasteiger partial charge in [-0.15, -0.1) is 0 Å². The van der Waals surface area contributed by atoms with E-state index in [1.54, 1.807) is 16.9 Å². The highest BCUT2D eigenvalue weighted by atomic mass is 19.3. The molecule has 7 nitrogen and oxygen atoms in total. The smallest absolute Gasteiger partial charge is 0.327 e. The standard InChI is InChI=1S/C17H18F2N6O/c1-2-23-9-14(8-21-23)12-4-3-5-15(6-12)24-11-22-25(17(24)26)10-13(7-20)16(18)19/h3-6,8-9,11H,2,7,10,20H2,1H3. The molecular formula is C17H18F2N6O. The van der Waals surface area contributed by atoms with Crippen LogP contribution in [0.1, 0.15) is 6.92 Å². The minimum absolute atomic E-state index is 0.321. The average molecular weight is 360 g/mol. The zero-order valence-corrected chi connectivity index (χ0v) is 14.1. The van der Waals surface area contributed by atoms with Gasteiger partial charge in [0.2, 0.25) is 0 Å². The molecule has 0 fully saturated rings. The van der Waals surface area contributed by atoms with Crippen molar-refractivity contribution >= 4 is 0 Å². The van der Waals surface area contributed by atoms with E-state index in [2.05, 4.69) is 10.2 Å². The van der Waals surface area contributed by atoms with Crippen molar-refractivity contribution in [2.45, 2.75) is 20.0 Å². The fraction of sp³-hybridized carbons (Fsp3) is 0.235.